The molecule has 0 radical (unpaired) electrons. The summed E-state index contributed by atoms with van der Waals surface area (Å²) in [5, 5.41) is 0. The zero-order valence-electron chi connectivity index (χ0n) is 10.4. The Kier molecular flexibility index (Phi) is 2.80. The average molecular weight is 362 g/mol. The van der Waals surface area contributed by atoms with E-state index >= 15 is 0 Å². The number of hydrogen-bond acceptors (Lipinski definition) is 3. The Bertz CT molecular complexity index is 619. The van der Waals surface area contributed by atoms with E-state index in [2.05, 4.69) is 22.6 Å². The maximum Gasteiger partial charge on any atom is 0.333 e. The van der Waals surface area contributed by atoms with Gasteiger partial charge in [-0.1, -0.05) is 29.0 Å². The molecule has 0 aromatic carbocycles. The van der Waals surface area contributed by atoms with Crippen LogP contribution in [0.1, 0.15) is 30.7 Å². The zero-order valence-corrected chi connectivity index (χ0v) is 12.5. The maximum absolute atomic E-state index is 12.3. The van der Waals surface area contributed by atoms with Gasteiger partial charge in [0.2, 0.25) is 5.88 Å². The Labute approximate surface area is 118 Å². The Morgan fingerprint density at radius 1 is 1.22 bits per heavy atom. The number of aromatic nitrogens is 2. The topological polar surface area (TPSA) is 53.2 Å². The second kappa shape index (κ2) is 4.11. The van der Waals surface area contributed by atoms with Crippen LogP contribution in [0.25, 0.3) is 0 Å². The number of hydrogen-bond donors (Lipinski definition) is 0. The first-order chi connectivity index (χ1) is 8.52. The zero-order chi connectivity index (χ0) is 13.0. The van der Waals surface area contributed by atoms with Crippen LogP contribution in [0, 0.1) is 0 Å². The van der Waals surface area contributed by atoms with E-state index in [1.54, 1.807) is 7.05 Å². The summed E-state index contributed by atoms with van der Waals surface area (Å²) in [6.07, 6.45) is 3.26. The molecule has 1 fully saturated rings. The highest BCUT2D eigenvalue weighted by molar-refractivity contribution is 14.1. The van der Waals surface area contributed by atoms with Gasteiger partial charge in [0.05, 0.1) is 5.56 Å². The molecule has 3 unspecified atom stereocenters. The SMILES string of the molecule is Cn1c2c(c(=O)n(C)c1=O)C1CCCC(I)C1O2. The van der Waals surface area contributed by atoms with E-state index < -0.39 is 0 Å². The second-order valence-electron chi connectivity index (χ2n) is 5.06. The van der Waals surface area contributed by atoms with E-state index in [9.17, 15) is 9.59 Å². The molecular weight excluding hydrogens is 347 g/mol. The molecule has 3 atom stereocenters. The minimum Gasteiger partial charge on any atom is -0.473 e. The number of fused-ring (bicyclic) bond motifs is 3. The van der Waals surface area contributed by atoms with Crippen LogP contribution in [0.5, 0.6) is 5.88 Å². The van der Waals surface area contributed by atoms with Crippen molar-refractivity contribution >= 4 is 22.6 Å². The van der Waals surface area contributed by atoms with Crippen LogP contribution in [0.2, 0.25) is 0 Å². The van der Waals surface area contributed by atoms with Crippen LogP contribution < -0.4 is 16.0 Å². The van der Waals surface area contributed by atoms with Gasteiger partial charge >= 0.3 is 5.69 Å². The Balaban J connectivity index is 2.25. The van der Waals surface area contributed by atoms with Gasteiger partial charge in [0.25, 0.3) is 5.56 Å². The molecule has 2 aliphatic rings. The third kappa shape index (κ3) is 1.50. The first kappa shape index (κ1) is 12.3. The Hall–Kier alpha value is -0.790. The standard InChI is InChI=1S/C12H15IN2O3/c1-14-10(16)8-6-4-3-5-7(13)9(6)18-11(8)15(2)12(14)17/h6-7,9H,3-5H2,1-2H3. The van der Waals surface area contributed by atoms with Gasteiger partial charge in [-0.2, -0.15) is 0 Å². The van der Waals surface area contributed by atoms with E-state index in [0.29, 0.717) is 15.4 Å². The van der Waals surface area contributed by atoms with Gasteiger partial charge in [-0.15, -0.1) is 0 Å². The van der Waals surface area contributed by atoms with Gasteiger partial charge in [-0.25, -0.2) is 4.79 Å². The van der Waals surface area contributed by atoms with Crippen molar-refractivity contribution in [1.29, 1.82) is 0 Å². The lowest BCUT2D eigenvalue weighted by atomic mass is 9.84. The third-order valence-electron chi connectivity index (χ3n) is 4.01. The summed E-state index contributed by atoms with van der Waals surface area (Å²) in [6, 6.07) is 0. The van der Waals surface area contributed by atoms with E-state index in [4.69, 9.17) is 4.74 Å². The number of alkyl halides is 1. The van der Waals surface area contributed by atoms with Crippen molar-refractivity contribution in [3.8, 4) is 5.88 Å². The number of nitrogens with zero attached hydrogens (tertiary/aromatic N) is 2. The van der Waals surface area contributed by atoms with Crippen molar-refractivity contribution in [3.63, 3.8) is 0 Å². The fourth-order valence-corrected chi connectivity index (χ4v) is 4.11. The lowest BCUT2D eigenvalue weighted by molar-refractivity contribution is 0.166. The van der Waals surface area contributed by atoms with E-state index in [1.807, 2.05) is 0 Å². The quantitative estimate of drug-likeness (QED) is 0.510. The second-order valence-corrected chi connectivity index (χ2v) is 6.66. The molecule has 18 heavy (non-hydrogen) atoms. The van der Waals surface area contributed by atoms with E-state index in [0.717, 1.165) is 19.3 Å². The number of rotatable bonds is 0. The highest BCUT2D eigenvalue weighted by Crippen LogP contribution is 2.45. The minimum absolute atomic E-state index is 0.0510. The van der Waals surface area contributed by atoms with Gasteiger partial charge in [0.15, 0.2) is 0 Å². The highest BCUT2D eigenvalue weighted by atomic mass is 127. The molecule has 1 aromatic heterocycles. The van der Waals surface area contributed by atoms with Crippen LogP contribution >= 0.6 is 22.6 Å². The lowest BCUT2D eigenvalue weighted by Crippen LogP contribution is -2.39. The smallest absolute Gasteiger partial charge is 0.333 e. The summed E-state index contributed by atoms with van der Waals surface area (Å²) in [5.74, 6) is 0.641. The van der Waals surface area contributed by atoms with Crippen LogP contribution in [-0.2, 0) is 14.1 Å². The molecule has 0 N–H and O–H groups in total. The van der Waals surface area contributed by atoms with Crippen molar-refractivity contribution < 1.29 is 4.74 Å². The van der Waals surface area contributed by atoms with Gasteiger partial charge in [-0.3, -0.25) is 13.9 Å². The predicted octanol–water partition coefficient (Wildman–Crippen LogP) is 0.916. The molecule has 0 bridgehead atoms. The molecule has 0 spiro atoms. The van der Waals surface area contributed by atoms with Crippen LogP contribution in [0.3, 0.4) is 0 Å². The lowest BCUT2D eigenvalue weighted by Gasteiger charge is -2.28. The van der Waals surface area contributed by atoms with Gasteiger partial charge in [0, 0.05) is 23.9 Å². The summed E-state index contributed by atoms with van der Waals surface area (Å²) >= 11 is 2.39. The fraction of sp³-hybridized carbons (Fsp3) is 0.667. The van der Waals surface area contributed by atoms with Crippen LogP contribution in [-0.4, -0.2) is 19.2 Å². The minimum atomic E-state index is -0.317. The number of halogens is 1. The first-order valence-corrected chi connectivity index (χ1v) is 7.37. The summed E-state index contributed by atoms with van der Waals surface area (Å²) in [6.45, 7) is 0. The Morgan fingerprint density at radius 3 is 2.67 bits per heavy atom. The summed E-state index contributed by atoms with van der Waals surface area (Å²) in [7, 11) is 3.20. The molecule has 3 rings (SSSR count). The van der Waals surface area contributed by atoms with Crippen molar-refractivity contribution in [1.82, 2.24) is 9.13 Å². The van der Waals surface area contributed by atoms with Crippen molar-refractivity contribution in [2.24, 2.45) is 14.1 Å². The van der Waals surface area contributed by atoms with E-state index in [-0.39, 0.29) is 23.3 Å². The molecule has 1 aliphatic carbocycles. The van der Waals surface area contributed by atoms with Crippen molar-refractivity contribution in [3.05, 3.63) is 26.4 Å². The monoisotopic (exact) mass is 362 g/mol. The molecule has 0 amide bonds. The van der Waals surface area contributed by atoms with Gasteiger partial charge in [0.1, 0.15) is 6.10 Å². The largest absolute Gasteiger partial charge is 0.473 e. The third-order valence-corrected chi connectivity index (χ3v) is 5.34. The van der Waals surface area contributed by atoms with Crippen LogP contribution in [0.15, 0.2) is 9.59 Å². The molecule has 6 heteroatoms. The highest BCUT2D eigenvalue weighted by Gasteiger charge is 2.44. The van der Waals surface area contributed by atoms with E-state index in [1.165, 1.54) is 16.2 Å². The molecule has 0 saturated heterocycles. The maximum atomic E-state index is 12.3. The molecular formula is C12H15IN2O3. The Morgan fingerprint density at radius 2 is 1.94 bits per heavy atom. The predicted molar refractivity (Wildman–Crippen MR) is 75.7 cm³/mol. The molecule has 98 valence electrons. The average Bonchev–Trinajstić information content (AvgIpc) is 2.75. The first-order valence-electron chi connectivity index (χ1n) is 6.13. The van der Waals surface area contributed by atoms with Crippen LogP contribution in [0.4, 0.5) is 0 Å². The number of ether oxygens (including phenoxy) is 1. The van der Waals surface area contributed by atoms with Gasteiger partial charge < -0.3 is 4.74 Å². The molecule has 1 aliphatic heterocycles. The molecule has 1 saturated carbocycles. The van der Waals surface area contributed by atoms with Crippen molar-refractivity contribution in [2.45, 2.75) is 35.2 Å². The summed E-state index contributed by atoms with van der Waals surface area (Å²) in [5.41, 5.74) is 0.194. The molecule has 5 nitrogen and oxygen atoms in total. The molecule has 1 aromatic rings. The normalized spacial score (nSPS) is 29.6. The summed E-state index contributed by atoms with van der Waals surface area (Å²) < 4.78 is 8.96. The van der Waals surface area contributed by atoms with Gasteiger partial charge in [-0.05, 0) is 12.8 Å². The van der Waals surface area contributed by atoms with Crippen molar-refractivity contribution in [2.75, 3.05) is 0 Å². The summed E-state index contributed by atoms with van der Waals surface area (Å²) in [4.78, 5) is 24.1. The fourth-order valence-electron chi connectivity index (χ4n) is 3.02. The molecule has 2 heterocycles.